The molecule has 0 unspecified atom stereocenters. The normalized spacial score (nSPS) is 27.9. The number of carbonyl (C=O) groups excluding carboxylic acids is 2. The smallest absolute Gasteiger partial charge is 0.239 e. The summed E-state index contributed by atoms with van der Waals surface area (Å²) in [4.78, 5) is 29.7. The molecule has 0 spiro atoms. The van der Waals surface area contributed by atoms with Crippen LogP contribution in [-0.4, -0.2) is 66.4 Å². The molecule has 6 nitrogen and oxygen atoms in total. The summed E-state index contributed by atoms with van der Waals surface area (Å²) in [5, 5.41) is 6.02. The number of benzene rings is 1. The third-order valence-corrected chi connectivity index (χ3v) is 6.65. The second kappa shape index (κ2) is 8.79. The molecular formula is C22H31FN4O2. The number of amides is 2. The van der Waals surface area contributed by atoms with Gasteiger partial charge in [-0.3, -0.25) is 19.4 Å². The average molecular weight is 403 g/mol. The molecule has 1 saturated carbocycles. The molecule has 2 N–H and O–H groups in total. The first-order valence-electron chi connectivity index (χ1n) is 10.8. The Morgan fingerprint density at radius 1 is 1.24 bits per heavy atom. The zero-order valence-electron chi connectivity index (χ0n) is 17.1. The number of nitrogens with one attached hydrogen (secondary N) is 2. The summed E-state index contributed by atoms with van der Waals surface area (Å²) < 4.78 is 13.0. The lowest BCUT2D eigenvalue weighted by Gasteiger charge is -2.33. The lowest BCUT2D eigenvalue weighted by molar-refractivity contribution is -0.126. The second-order valence-corrected chi connectivity index (χ2v) is 8.75. The fraction of sp³-hybridized carbons (Fsp3) is 0.636. The van der Waals surface area contributed by atoms with Gasteiger partial charge in [-0.05, 0) is 56.3 Å². The van der Waals surface area contributed by atoms with E-state index in [9.17, 15) is 14.0 Å². The molecule has 7 heteroatoms. The topological polar surface area (TPSA) is 64.7 Å². The van der Waals surface area contributed by atoms with Crippen molar-refractivity contribution < 1.29 is 14.0 Å². The second-order valence-electron chi connectivity index (χ2n) is 8.75. The molecule has 3 atom stereocenters. The summed E-state index contributed by atoms with van der Waals surface area (Å²) in [5.74, 6) is 0.620. The zero-order chi connectivity index (χ0) is 20.4. The molecule has 2 saturated heterocycles. The van der Waals surface area contributed by atoms with E-state index in [2.05, 4.69) is 27.5 Å². The Hall–Kier alpha value is -1.99. The average Bonchev–Trinajstić information content (AvgIpc) is 3.44. The molecule has 2 aliphatic heterocycles. The summed E-state index contributed by atoms with van der Waals surface area (Å²) in [5.41, 5.74) is 0.878. The van der Waals surface area contributed by atoms with Gasteiger partial charge in [0, 0.05) is 44.7 Å². The summed E-state index contributed by atoms with van der Waals surface area (Å²) >= 11 is 0. The van der Waals surface area contributed by atoms with Crippen molar-refractivity contribution in [2.45, 2.75) is 56.8 Å². The number of rotatable bonds is 7. The Balaban J connectivity index is 1.28. The first-order chi connectivity index (χ1) is 14.0. The van der Waals surface area contributed by atoms with Crippen molar-refractivity contribution >= 4 is 11.8 Å². The predicted molar refractivity (Wildman–Crippen MR) is 109 cm³/mol. The highest BCUT2D eigenvalue weighted by atomic mass is 19.1. The number of carbonyl (C=O) groups is 2. The Labute approximate surface area is 171 Å². The van der Waals surface area contributed by atoms with Crippen LogP contribution in [0, 0.1) is 11.7 Å². The maximum absolute atomic E-state index is 13.0. The third-order valence-electron chi connectivity index (χ3n) is 6.65. The molecule has 0 radical (unpaired) electrons. The van der Waals surface area contributed by atoms with Gasteiger partial charge in [0.15, 0.2) is 0 Å². The predicted octanol–water partition coefficient (Wildman–Crippen LogP) is 1.51. The van der Waals surface area contributed by atoms with Crippen molar-refractivity contribution in [3.63, 3.8) is 0 Å². The number of nitrogens with zero attached hydrogens (tertiary/aromatic N) is 2. The summed E-state index contributed by atoms with van der Waals surface area (Å²) in [6.45, 7) is 3.01. The van der Waals surface area contributed by atoms with Crippen molar-refractivity contribution in [2.24, 2.45) is 5.92 Å². The minimum Gasteiger partial charge on any atom is -0.353 e. The maximum Gasteiger partial charge on any atom is 0.239 e. The SMILES string of the molecule is CN1[C@@H](CCC(=O)NCc2ccc(F)cc2)CNC(=O)[C@@H]2[C@@H]1CCN2CC1CC1. The van der Waals surface area contributed by atoms with Gasteiger partial charge in [-0.2, -0.15) is 0 Å². The van der Waals surface area contributed by atoms with Crippen LogP contribution >= 0.6 is 0 Å². The van der Waals surface area contributed by atoms with E-state index in [1.165, 1.54) is 25.0 Å². The number of likely N-dealkylation sites (N-methyl/N-ethyl adjacent to an activating group) is 1. The van der Waals surface area contributed by atoms with Crippen LogP contribution in [0.5, 0.6) is 0 Å². The van der Waals surface area contributed by atoms with Crippen LogP contribution in [0.4, 0.5) is 4.39 Å². The summed E-state index contributed by atoms with van der Waals surface area (Å²) in [7, 11) is 2.10. The van der Waals surface area contributed by atoms with Gasteiger partial charge in [0.25, 0.3) is 0 Å². The Kier molecular flexibility index (Phi) is 6.15. The third kappa shape index (κ3) is 4.95. The van der Waals surface area contributed by atoms with E-state index >= 15 is 0 Å². The van der Waals surface area contributed by atoms with Crippen molar-refractivity contribution in [1.82, 2.24) is 20.4 Å². The van der Waals surface area contributed by atoms with E-state index in [0.717, 1.165) is 31.0 Å². The van der Waals surface area contributed by atoms with Crippen molar-refractivity contribution in [2.75, 3.05) is 26.7 Å². The Morgan fingerprint density at radius 3 is 2.72 bits per heavy atom. The van der Waals surface area contributed by atoms with Gasteiger partial charge in [-0.15, -0.1) is 0 Å². The van der Waals surface area contributed by atoms with Crippen LogP contribution in [0.3, 0.4) is 0 Å². The molecular weight excluding hydrogens is 371 g/mol. The number of halogens is 1. The van der Waals surface area contributed by atoms with Crippen LogP contribution in [0.25, 0.3) is 0 Å². The van der Waals surface area contributed by atoms with Crippen molar-refractivity contribution in [3.8, 4) is 0 Å². The van der Waals surface area contributed by atoms with Crippen molar-refractivity contribution in [3.05, 3.63) is 35.6 Å². The van der Waals surface area contributed by atoms with Gasteiger partial charge in [-0.25, -0.2) is 4.39 Å². The Morgan fingerprint density at radius 2 is 2.00 bits per heavy atom. The molecule has 158 valence electrons. The molecule has 1 aromatic carbocycles. The van der Waals surface area contributed by atoms with Gasteiger partial charge in [0.05, 0.1) is 0 Å². The molecule has 1 aromatic rings. The molecule has 0 aromatic heterocycles. The van der Waals surface area contributed by atoms with E-state index in [4.69, 9.17) is 0 Å². The first-order valence-corrected chi connectivity index (χ1v) is 10.8. The lowest BCUT2D eigenvalue weighted by atomic mass is 10.0. The Bertz CT molecular complexity index is 737. The molecule has 1 aliphatic carbocycles. The number of likely N-dealkylation sites (tertiary alicyclic amines) is 1. The van der Waals surface area contributed by atoms with Crippen LogP contribution in [0.15, 0.2) is 24.3 Å². The van der Waals surface area contributed by atoms with Gasteiger partial charge >= 0.3 is 0 Å². The highest BCUT2D eigenvalue weighted by Gasteiger charge is 2.46. The van der Waals surface area contributed by atoms with E-state index in [1.54, 1.807) is 12.1 Å². The quantitative estimate of drug-likeness (QED) is 0.726. The number of fused-ring (bicyclic) bond motifs is 1. The zero-order valence-corrected chi connectivity index (χ0v) is 17.1. The molecule has 3 aliphatic rings. The summed E-state index contributed by atoms with van der Waals surface area (Å²) in [6, 6.07) is 6.48. The van der Waals surface area contributed by atoms with E-state index in [1.807, 2.05) is 0 Å². The largest absolute Gasteiger partial charge is 0.353 e. The van der Waals surface area contributed by atoms with E-state index < -0.39 is 0 Å². The lowest BCUT2D eigenvalue weighted by Crippen LogP contribution is -2.50. The van der Waals surface area contributed by atoms with Crippen molar-refractivity contribution in [1.29, 1.82) is 0 Å². The van der Waals surface area contributed by atoms with Gasteiger partial charge in [0.1, 0.15) is 11.9 Å². The minimum atomic E-state index is -0.278. The monoisotopic (exact) mass is 402 g/mol. The molecule has 4 rings (SSSR count). The standard InChI is InChI=1S/C22H31FN4O2/c1-26-18(8-9-20(28)24-12-15-4-6-17(23)7-5-15)13-25-22(29)21-19(26)10-11-27(21)14-16-2-3-16/h4-7,16,18-19,21H,2-3,8-14H2,1H3,(H,24,28)(H,25,29)/t18-,19-,21-/m0/s1. The van der Waals surface area contributed by atoms with Gasteiger partial charge < -0.3 is 10.6 Å². The molecule has 3 fully saturated rings. The number of hydrogen-bond donors (Lipinski definition) is 2. The van der Waals surface area contributed by atoms with E-state index in [-0.39, 0.29) is 35.8 Å². The minimum absolute atomic E-state index is 0.0170. The fourth-order valence-electron chi connectivity index (χ4n) is 4.67. The highest BCUT2D eigenvalue weighted by molar-refractivity contribution is 5.83. The van der Waals surface area contributed by atoms with Crippen LogP contribution < -0.4 is 10.6 Å². The maximum atomic E-state index is 13.0. The fourth-order valence-corrected chi connectivity index (χ4v) is 4.67. The van der Waals surface area contributed by atoms with Crippen LogP contribution in [-0.2, 0) is 16.1 Å². The van der Waals surface area contributed by atoms with Gasteiger partial charge in [0.2, 0.25) is 11.8 Å². The first kappa shape index (κ1) is 20.3. The van der Waals surface area contributed by atoms with E-state index in [0.29, 0.717) is 25.9 Å². The molecule has 0 bridgehead atoms. The highest BCUT2D eigenvalue weighted by Crippen LogP contribution is 2.34. The molecule has 29 heavy (non-hydrogen) atoms. The van der Waals surface area contributed by atoms with Crippen LogP contribution in [0.2, 0.25) is 0 Å². The number of hydrogen-bond acceptors (Lipinski definition) is 4. The summed E-state index contributed by atoms with van der Waals surface area (Å²) in [6.07, 6.45) is 4.71. The molecule has 2 heterocycles. The molecule has 2 amide bonds. The van der Waals surface area contributed by atoms with Crippen LogP contribution in [0.1, 0.15) is 37.7 Å². The van der Waals surface area contributed by atoms with Gasteiger partial charge in [-0.1, -0.05) is 12.1 Å².